The van der Waals surface area contributed by atoms with Crippen molar-refractivity contribution in [3.63, 3.8) is 0 Å². The summed E-state index contributed by atoms with van der Waals surface area (Å²) in [6.07, 6.45) is 46.1. The maximum atomic E-state index is 12.8. The number of ether oxygens (including phenoxy) is 1. The molecule has 0 aliphatic rings. The van der Waals surface area contributed by atoms with E-state index in [1.54, 1.807) is 0 Å². The van der Waals surface area contributed by atoms with Gasteiger partial charge in [0.2, 0.25) is 0 Å². The first-order valence-electron chi connectivity index (χ1n) is 25.6. The van der Waals surface area contributed by atoms with Crippen LogP contribution in [0.1, 0.15) is 265 Å². The van der Waals surface area contributed by atoms with Gasteiger partial charge in [-0.1, -0.05) is 201 Å². The fraction of sp³-hybridized carbons (Fsp3) is 0.961. The fourth-order valence-electron chi connectivity index (χ4n) is 7.86. The number of nitrogens with zero attached hydrogens (tertiary/aromatic N) is 1. The van der Waals surface area contributed by atoms with Crippen molar-refractivity contribution in [3.8, 4) is 0 Å². The monoisotopic (exact) mass is 810 g/mol. The van der Waals surface area contributed by atoms with E-state index in [0.29, 0.717) is 19.1 Å². The van der Waals surface area contributed by atoms with Crippen LogP contribution >= 0.6 is 0 Å². The Kier molecular flexibility index (Phi) is 52.2. The summed E-state index contributed by atoms with van der Waals surface area (Å²) in [5.41, 5.74) is 0. The summed E-state index contributed by atoms with van der Waals surface area (Å²) in [5, 5.41) is 18.0. The van der Waals surface area contributed by atoms with Crippen LogP contribution < -0.4 is 0 Å². The second-order valence-corrected chi connectivity index (χ2v) is 17.5. The summed E-state index contributed by atoms with van der Waals surface area (Å²) in [4.78, 5) is 26.3. The molecule has 0 spiro atoms. The molecular formula is C51H103NO5. The van der Waals surface area contributed by atoms with Crippen LogP contribution in [0, 0.1) is 11.8 Å². The normalized spacial score (nSPS) is 12.4. The number of hydrogen-bond donors (Lipinski definition) is 2. The maximum Gasteiger partial charge on any atom is 0.308 e. The number of carbonyl (C=O) groups excluding carboxylic acids is 2. The summed E-state index contributed by atoms with van der Waals surface area (Å²) in [5.74, 6) is 0.523. The van der Waals surface area contributed by atoms with Gasteiger partial charge >= 0.3 is 5.97 Å². The molecular weight excluding hydrogens is 707 g/mol. The lowest BCUT2D eigenvalue weighted by molar-refractivity contribution is -0.149. The third-order valence-corrected chi connectivity index (χ3v) is 11.8. The lowest BCUT2D eigenvalue weighted by Crippen LogP contribution is -2.27. The van der Waals surface area contributed by atoms with E-state index < -0.39 is 0 Å². The first-order chi connectivity index (χ1) is 28.0. The molecule has 0 aromatic heterocycles. The molecule has 0 saturated carbocycles. The zero-order chi connectivity index (χ0) is 42.1. The molecule has 342 valence electrons. The highest BCUT2D eigenvalue weighted by Crippen LogP contribution is 2.21. The molecule has 6 heteroatoms. The van der Waals surface area contributed by atoms with E-state index in [2.05, 4.69) is 32.6 Å². The van der Waals surface area contributed by atoms with Crippen molar-refractivity contribution < 1.29 is 24.5 Å². The minimum Gasteiger partial charge on any atom is -0.465 e. The third-order valence-electron chi connectivity index (χ3n) is 11.8. The lowest BCUT2D eigenvalue weighted by Gasteiger charge is -2.22. The van der Waals surface area contributed by atoms with Crippen molar-refractivity contribution in [3.05, 3.63) is 0 Å². The van der Waals surface area contributed by atoms with Crippen molar-refractivity contribution in [2.24, 2.45) is 11.8 Å². The number of aldehydes is 1. The highest BCUT2D eigenvalue weighted by Gasteiger charge is 2.19. The molecule has 0 heterocycles. The van der Waals surface area contributed by atoms with Crippen molar-refractivity contribution in [1.82, 2.24) is 4.90 Å². The predicted molar refractivity (Wildman–Crippen MR) is 248 cm³/mol. The summed E-state index contributed by atoms with van der Waals surface area (Å²) >= 11 is 0. The summed E-state index contributed by atoms with van der Waals surface area (Å²) in [7, 11) is 0. The van der Waals surface area contributed by atoms with Gasteiger partial charge in [-0.25, -0.2) is 0 Å². The second kappa shape index (κ2) is 51.2. The maximum absolute atomic E-state index is 12.8. The van der Waals surface area contributed by atoms with Gasteiger partial charge in [-0.05, 0) is 83.8 Å². The van der Waals surface area contributed by atoms with Crippen molar-refractivity contribution in [2.45, 2.75) is 265 Å². The molecule has 0 aliphatic heterocycles. The van der Waals surface area contributed by atoms with Crippen LogP contribution in [0.3, 0.4) is 0 Å². The SMILES string of the molecule is CCCCCCCCC(C=O)CCCCCC.CCCCCCCCCC(CCCCCC)C(=O)OCCCCCCCN(CCCCO)CCCCCCCO. The van der Waals surface area contributed by atoms with E-state index >= 15 is 0 Å². The average Bonchev–Trinajstić information content (AvgIpc) is 3.22. The van der Waals surface area contributed by atoms with Crippen LogP contribution in [-0.2, 0) is 14.3 Å². The molecule has 0 aromatic carbocycles. The minimum atomic E-state index is 0.0670. The topological polar surface area (TPSA) is 87.1 Å². The van der Waals surface area contributed by atoms with E-state index in [9.17, 15) is 9.59 Å². The molecule has 0 bridgehead atoms. The molecule has 2 atom stereocenters. The van der Waals surface area contributed by atoms with Gasteiger partial charge in [0.1, 0.15) is 6.29 Å². The number of aliphatic hydroxyl groups excluding tert-OH is 2. The Labute approximate surface area is 357 Å². The van der Waals surface area contributed by atoms with Gasteiger partial charge in [-0.15, -0.1) is 0 Å². The van der Waals surface area contributed by atoms with E-state index in [4.69, 9.17) is 14.9 Å². The molecule has 6 nitrogen and oxygen atoms in total. The van der Waals surface area contributed by atoms with Crippen molar-refractivity contribution >= 4 is 12.3 Å². The Morgan fingerprint density at radius 3 is 1.18 bits per heavy atom. The molecule has 0 rings (SSSR count). The van der Waals surface area contributed by atoms with Gasteiger partial charge in [0, 0.05) is 19.1 Å². The smallest absolute Gasteiger partial charge is 0.308 e. The molecule has 0 aromatic rings. The zero-order valence-electron chi connectivity index (χ0n) is 39.2. The summed E-state index contributed by atoms with van der Waals surface area (Å²) in [6, 6.07) is 0. The molecule has 57 heavy (non-hydrogen) atoms. The number of unbranched alkanes of at least 4 members (excludes halogenated alkanes) is 26. The fourth-order valence-corrected chi connectivity index (χ4v) is 7.86. The van der Waals surface area contributed by atoms with Crippen LogP contribution in [0.2, 0.25) is 0 Å². The van der Waals surface area contributed by atoms with E-state index in [1.807, 2.05) is 0 Å². The Bertz CT molecular complexity index is 764. The summed E-state index contributed by atoms with van der Waals surface area (Å²) < 4.78 is 5.77. The lowest BCUT2D eigenvalue weighted by atomic mass is 9.94. The molecule has 0 aliphatic carbocycles. The van der Waals surface area contributed by atoms with Crippen LogP contribution in [0.15, 0.2) is 0 Å². The van der Waals surface area contributed by atoms with Crippen LogP contribution in [0.4, 0.5) is 0 Å². The molecule has 2 unspecified atom stereocenters. The first kappa shape index (κ1) is 58.1. The van der Waals surface area contributed by atoms with Gasteiger partial charge in [0.25, 0.3) is 0 Å². The largest absolute Gasteiger partial charge is 0.465 e. The Balaban J connectivity index is 0. The van der Waals surface area contributed by atoms with Gasteiger partial charge in [-0.2, -0.15) is 0 Å². The number of hydrogen-bond acceptors (Lipinski definition) is 6. The predicted octanol–water partition coefficient (Wildman–Crippen LogP) is 14.7. The van der Waals surface area contributed by atoms with Gasteiger partial charge < -0.3 is 24.6 Å². The molecule has 2 N–H and O–H groups in total. The number of rotatable bonds is 46. The van der Waals surface area contributed by atoms with E-state index in [1.165, 1.54) is 173 Å². The standard InChI is InChI=1S/C35H71NO4.C16H32O/c1-3-5-7-9-10-13-19-27-34(26-18-8-6-4-2)35(39)40-33-25-17-12-15-21-29-36(30-22-24-32-38)28-20-14-11-16-23-31-37;1-3-5-7-9-10-12-14-16(15-17)13-11-8-6-4-2/h34,37-38H,3-33H2,1-2H3;15-16H,3-14H2,1-2H3. The van der Waals surface area contributed by atoms with Crippen molar-refractivity contribution in [2.75, 3.05) is 39.5 Å². The molecule has 0 fully saturated rings. The highest BCUT2D eigenvalue weighted by atomic mass is 16.5. The van der Waals surface area contributed by atoms with Crippen LogP contribution in [0.5, 0.6) is 0 Å². The van der Waals surface area contributed by atoms with Gasteiger partial charge in [0.15, 0.2) is 0 Å². The van der Waals surface area contributed by atoms with Crippen LogP contribution in [-0.4, -0.2) is 66.8 Å². The van der Waals surface area contributed by atoms with E-state index in [-0.39, 0.29) is 18.5 Å². The average molecular weight is 810 g/mol. The first-order valence-corrected chi connectivity index (χ1v) is 25.6. The molecule has 0 radical (unpaired) electrons. The number of carbonyl (C=O) groups is 2. The third kappa shape index (κ3) is 45.9. The Hall–Kier alpha value is -0.980. The Morgan fingerprint density at radius 2 is 0.754 bits per heavy atom. The van der Waals surface area contributed by atoms with Crippen molar-refractivity contribution in [1.29, 1.82) is 0 Å². The zero-order valence-corrected chi connectivity index (χ0v) is 39.2. The van der Waals surface area contributed by atoms with Crippen LogP contribution in [0.25, 0.3) is 0 Å². The van der Waals surface area contributed by atoms with Gasteiger partial charge in [0.05, 0.1) is 12.5 Å². The number of aliphatic hydroxyl groups is 2. The number of esters is 1. The quantitative estimate of drug-likeness (QED) is 0.0362. The molecule has 0 saturated heterocycles. The Morgan fingerprint density at radius 1 is 0.439 bits per heavy atom. The van der Waals surface area contributed by atoms with Gasteiger partial charge in [-0.3, -0.25) is 4.79 Å². The second-order valence-electron chi connectivity index (χ2n) is 17.5. The summed E-state index contributed by atoms with van der Waals surface area (Å²) in [6.45, 7) is 13.6. The highest BCUT2D eigenvalue weighted by molar-refractivity contribution is 5.72. The minimum absolute atomic E-state index is 0.0670. The van der Waals surface area contributed by atoms with E-state index in [0.717, 1.165) is 90.3 Å². The molecule has 0 amide bonds.